The minimum Gasteiger partial charge on any atom is -0.382 e. The Morgan fingerprint density at radius 3 is 2.74 bits per heavy atom. The topological polar surface area (TPSA) is 59.9 Å². The van der Waals surface area contributed by atoms with Crippen LogP contribution in [0.15, 0.2) is 34.0 Å². The smallest absolute Gasteiger partial charge is 0.221 e. The van der Waals surface area contributed by atoms with Crippen molar-refractivity contribution in [3.63, 3.8) is 0 Å². The minimum atomic E-state index is -0.285. The molecule has 0 radical (unpaired) electrons. The van der Waals surface area contributed by atoms with Crippen molar-refractivity contribution in [1.29, 1.82) is 5.26 Å². The quantitative estimate of drug-likeness (QED) is 0.492. The third-order valence-electron chi connectivity index (χ3n) is 3.64. The Balaban J connectivity index is 2.37. The van der Waals surface area contributed by atoms with Crippen LogP contribution >= 0.6 is 15.9 Å². The number of hydrogen-bond donors (Lipinski definition) is 1. The molecule has 0 atom stereocenters. The molecule has 1 N–H and O–H groups in total. The maximum Gasteiger partial charge on any atom is 0.221 e. The van der Waals surface area contributed by atoms with Crippen LogP contribution in [0.1, 0.15) is 35.6 Å². The van der Waals surface area contributed by atoms with Crippen molar-refractivity contribution in [3.8, 4) is 6.07 Å². The third kappa shape index (κ3) is 3.83. The molecule has 1 aromatic rings. The lowest BCUT2D eigenvalue weighted by molar-refractivity contribution is 0.103. The lowest BCUT2D eigenvalue weighted by atomic mass is 10.0. The van der Waals surface area contributed by atoms with Crippen LogP contribution in [0.3, 0.4) is 0 Å². The molecular weight excluding hydrogens is 354 g/mol. The Bertz CT molecular complexity index is 758. The first-order valence-corrected chi connectivity index (χ1v) is 8.25. The highest BCUT2D eigenvalue weighted by molar-refractivity contribution is 9.12. The Morgan fingerprint density at radius 1 is 1.48 bits per heavy atom. The number of aromatic amines is 1. The number of nitrogens with one attached hydrogen (secondary N) is 1. The first-order valence-electron chi connectivity index (χ1n) is 7.46. The summed E-state index contributed by atoms with van der Waals surface area (Å²) in [5.41, 5.74) is 3.79. The van der Waals surface area contributed by atoms with Crippen molar-refractivity contribution in [2.45, 2.75) is 20.3 Å². The predicted molar refractivity (Wildman–Crippen MR) is 96.0 cm³/mol. The largest absolute Gasteiger partial charge is 0.382 e. The number of nitrogens with zero attached hydrogens (tertiary/aromatic N) is 2. The number of Topliss-reactive ketones (excluding diaryl/α,β-unsaturated/α-hetero) is 1. The molecule has 0 saturated heterocycles. The second-order valence-electron chi connectivity index (χ2n) is 6.08. The summed E-state index contributed by atoms with van der Waals surface area (Å²) in [6, 6.07) is 3.81. The van der Waals surface area contributed by atoms with Gasteiger partial charge in [-0.2, -0.15) is 5.26 Å². The van der Waals surface area contributed by atoms with E-state index in [0.29, 0.717) is 11.6 Å². The number of aromatic nitrogens is 1. The number of carbonyl (C=O) groups excluding carboxylic acids is 1. The summed E-state index contributed by atoms with van der Waals surface area (Å²) in [6.45, 7) is 4.31. The van der Waals surface area contributed by atoms with Gasteiger partial charge in [-0.05, 0) is 35.6 Å². The van der Waals surface area contributed by atoms with Crippen LogP contribution in [0.5, 0.6) is 0 Å². The van der Waals surface area contributed by atoms with E-state index >= 15 is 0 Å². The van der Waals surface area contributed by atoms with Gasteiger partial charge in [0.2, 0.25) is 5.78 Å². The number of rotatable bonds is 4. The summed E-state index contributed by atoms with van der Waals surface area (Å²) in [4.78, 5) is 17.3. The van der Waals surface area contributed by atoms with Gasteiger partial charge < -0.3 is 9.88 Å². The molecule has 0 saturated carbocycles. The van der Waals surface area contributed by atoms with E-state index in [0.717, 1.165) is 22.2 Å². The monoisotopic (exact) mass is 373 g/mol. The van der Waals surface area contributed by atoms with Gasteiger partial charge in [-0.15, -0.1) is 0 Å². The van der Waals surface area contributed by atoms with Crippen molar-refractivity contribution in [1.82, 2.24) is 9.88 Å². The first kappa shape index (κ1) is 17.3. The zero-order valence-electron chi connectivity index (χ0n) is 13.8. The van der Waals surface area contributed by atoms with Crippen molar-refractivity contribution in [3.05, 3.63) is 50.9 Å². The molecule has 0 fully saturated rings. The summed E-state index contributed by atoms with van der Waals surface area (Å²) in [5, 5.41) is 9.18. The Hall–Kier alpha value is -2.06. The molecular formula is C18H20BrN3O. The van der Waals surface area contributed by atoms with Crippen LogP contribution in [-0.2, 0) is 6.42 Å². The first-order chi connectivity index (χ1) is 10.8. The van der Waals surface area contributed by atoms with Crippen LogP contribution < -0.4 is 0 Å². The van der Waals surface area contributed by atoms with Crippen molar-refractivity contribution < 1.29 is 4.79 Å². The zero-order valence-corrected chi connectivity index (χ0v) is 15.4. The second kappa shape index (κ2) is 7.01. The van der Waals surface area contributed by atoms with Crippen LogP contribution in [0.25, 0.3) is 6.08 Å². The Labute approximate surface area is 145 Å². The number of allylic oxidation sites excluding steroid dienone is 4. The molecule has 0 aliphatic heterocycles. The molecule has 5 heteroatoms. The van der Waals surface area contributed by atoms with E-state index in [9.17, 15) is 10.1 Å². The molecule has 0 unspecified atom stereocenters. The SMILES string of the molecule is CC(C)C1=CCc2cc(C(=O)/C(C#N)=C/N(C)C)[nH]c2C=C1Br. The van der Waals surface area contributed by atoms with Gasteiger partial charge in [-0.25, -0.2) is 0 Å². The van der Waals surface area contributed by atoms with Crippen LogP contribution in [0, 0.1) is 17.2 Å². The van der Waals surface area contributed by atoms with Gasteiger partial charge in [-0.1, -0.05) is 35.9 Å². The van der Waals surface area contributed by atoms with E-state index < -0.39 is 0 Å². The van der Waals surface area contributed by atoms with Gasteiger partial charge in [-0.3, -0.25) is 4.79 Å². The molecule has 23 heavy (non-hydrogen) atoms. The van der Waals surface area contributed by atoms with Crippen molar-refractivity contribution >= 4 is 27.8 Å². The van der Waals surface area contributed by atoms with E-state index in [-0.39, 0.29) is 11.4 Å². The van der Waals surface area contributed by atoms with Gasteiger partial charge in [0.25, 0.3) is 0 Å². The number of fused-ring (bicyclic) bond motifs is 1. The summed E-state index contributed by atoms with van der Waals surface area (Å²) >= 11 is 3.61. The van der Waals surface area contributed by atoms with E-state index in [1.165, 1.54) is 11.8 Å². The fraction of sp³-hybridized carbons (Fsp3) is 0.333. The van der Waals surface area contributed by atoms with E-state index in [1.807, 2.05) is 18.2 Å². The van der Waals surface area contributed by atoms with Gasteiger partial charge in [0.1, 0.15) is 11.6 Å². The summed E-state index contributed by atoms with van der Waals surface area (Å²) < 4.78 is 1.02. The highest BCUT2D eigenvalue weighted by Gasteiger charge is 2.19. The fourth-order valence-electron chi connectivity index (χ4n) is 2.51. The van der Waals surface area contributed by atoms with Gasteiger partial charge in [0.05, 0.1) is 5.69 Å². The molecule has 1 aliphatic carbocycles. The number of halogens is 1. The second-order valence-corrected chi connectivity index (χ2v) is 6.93. The normalized spacial score (nSPS) is 14.6. The highest BCUT2D eigenvalue weighted by atomic mass is 79.9. The molecule has 4 nitrogen and oxygen atoms in total. The number of H-pyrrole nitrogens is 1. The number of hydrogen-bond acceptors (Lipinski definition) is 3. The molecule has 1 aromatic heterocycles. The molecule has 0 bridgehead atoms. The summed E-state index contributed by atoms with van der Waals surface area (Å²) in [5.74, 6) is 0.144. The molecule has 0 aromatic carbocycles. The molecule has 1 aliphatic rings. The standard InChI is InChI=1S/C18H20BrN3O/c1-11(2)14-6-5-12-7-17(21-16(12)8-15(14)19)18(23)13(9-20)10-22(3)4/h6-8,10-11,21H,5H2,1-4H3/b13-10+. The van der Waals surface area contributed by atoms with Crippen LogP contribution in [0.2, 0.25) is 0 Å². The minimum absolute atomic E-state index is 0.118. The molecule has 0 spiro atoms. The number of carbonyl (C=O) groups is 1. The maximum atomic E-state index is 12.5. The van der Waals surface area contributed by atoms with Crippen molar-refractivity contribution in [2.75, 3.05) is 14.1 Å². The van der Waals surface area contributed by atoms with Crippen molar-refractivity contribution in [2.24, 2.45) is 5.92 Å². The maximum absolute atomic E-state index is 12.5. The Kier molecular flexibility index (Phi) is 5.27. The Morgan fingerprint density at radius 2 is 2.17 bits per heavy atom. The summed E-state index contributed by atoms with van der Waals surface area (Å²) in [6.07, 6.45) is 6.49. The number of ketones is 1. The molecule has 0 amide bonds. The lowest BCUT2D eigenvalue weighted by Gasteiger charge is -2.09. The van der Waals surface area contributed by atoms with Gasteiger partial charge in [0, 0.05) is 30.5 Å². The lowest BCUT2D eigenvalue weighted by Crippen LogP contribution is -2.09. The zero-order chi connectivity index (χ0) is 17.1. The molecule has 120 valence electrons. The highest BCUT2D eigenvalue weighted by Crippen LogP contribution is 2.31. The van der Waals surface area contributed by atoms with Gasteiger partial charge in [0.15, 0.2) is 0 Å². The van der Waals surface area contributed by atoms with E-state index in [4.69, 9.17) is 0 Å². The third-order valence-corrected chi connectivity index (χ3v) is 4.33. The average Bonchev–Trinajstić information content (AvgIpc) is 2.79. The fourth-order valence-corrected chi connectivity index (χ4v) is 3.36. The molecule has 2 rings (SSSR count). The van der Waals surface area contributed by atoms with Crippen LogP contribution in [-0.4, -0.2) is 29.8 Å². The van der Waals surface area contributed by atoms with E-state index in [2.05, 4.69) is 40.8 Å². The number of nitriles is 1. The predicted octanol–water partition coefficient (Wildman–Crippen LogP) is 4.04. The molecule has 1 heterocycles. The average molecular weight is 374 g/mol. The van der Waals surface area contributed by atoms with E-state index in [1.54, 1.807) is 19.0 Å². The summed E-state index contributed by atoms with van der Waals surface area (Å²) in [7, 11) is 3.57. The van der Waals surface area contributed by atoms with Crippen LogP contribution in [0.4, 0.5) is 0 Å². The van der Waals surface area contributed by atoms with Gasteiger partial charge >= 0.3 is 0 Å².